The molecule has 26 heavy (non-hydrogen) atoms. The SMILES string of the molecule is COc1cc(C(=O)O)ccc1CCNC(=O)Cn1cc([N+](=O)[O-])nc1C. The van der Waals surface area contributed by atoms with Crippen LogP contribution in [0.3, 0.4) is 0 Å². The molecule has 0 radical (unpaired) electrons. The minimum Gasteiger partial charge on any atom is -0.496 e. The Morgan fingerprint density at radius 1 is 1.42 bits per heavy atom. The number of nitrogens with one attached hydrogen (secondary N) is 1. The van der Waals surface area contributed by atoms with Crippen LogP contribution in [0.2, 0.25) is 0 Å². The van der Waals surface area contributed by atoms with Gasteiger partial charge in [0, 0.05) is 13.5 Å². The number of imidazole rings is 1. The van der Waals surface area contributed by atoms with Crippen molar-refractivity contribution < 1.29 is 24.4 Å². The van der Waals surface area contributed by atoms with Crippen LogP contribution in [0.25, 0.3) is 0 Å². The Balaban J connectivity index is 1.92. The fraction of sp³-hybridized carbons (Fsp3) is 0.312. The van der Waals surface area contributed by atoms with Crippen LogP contribution < -0.4 is 10.1 Å². The fourth-order valence-corrected chi connectivity index (χ4v) is 2.37. The van der Waals surface area contributed by atoms with Gasteiger partial charge >= 0.3 is 11.8 Å². The number of nitrogens with zero attached hydrogens (tertiary/aromatic N) is 3. The van der Waals surface area contributed by atoms with Gasteiger partial charge in [-0.3, -0.25) is 9.36 Å². The van der Waals surface area contributed by atoms with Gasteiger partial charge in [0.05, 0.1) is 12.7 Å². The molecule has 2 aromatic rings. The number of hydrogen-bond acceptors (Lipinski definition) is 6. The number of rotatable bonds is 8. The Kier molecular flexibility index (Phi) is 5.89. The first kappa shape index (κ1) is 18.9. The van der Waals surface area contributed by atoms with Gasteiger partial charge in [0.25, 0.3) is 0 Å². The number of methoxy groups -OCH3 is 1. The Bertz CT molecular complexity index is 845. The second kappa shape index (κ2) is 8.10. The van der Waals surface area contributed by atoms with Crippen molar-refractivity contribution >= 4 is 17.7 Å². The van der Waals surface area contributed by atoms with Gasteiger partial charge in [-0.05, 0) is 34.0 Å². The number of amides is 1. The lowest BCUT2D eigenvalue weighted by Gasteiger charge is -2.10. The van der Waals surface area contributed by atoms with Crippen LogP contribution in [0.5, 0.6) is 5.75 Å². The van der Waals surface area contributed by atoms with E-state index >= 15 is 0 Å². The lowest BCUT2D eigenvalue weighted by atomic mass is 10.1. The van der Waals surface area contributed by atoms with Crippen molar-refractivity contribution in [2.45, 2.75) is 19.9 Å². The summed E-state index contributed by atoms with van der Waals surface area (Å²) in [7, 11) is 1.44. The van der Waals surface area contributed by atoms with E-state index in [1.165, 1.54) is 30.0 Å². The van der Waals surface area contributed by atoms with Gasteiger partial charge in [-0.15, -0.1) is 0 Å². The molecule has 0 bridgehead atoms. The highest BCUT2D eigenvalue weighted by Crippen LogP contribution is 2.20. The normalized spacial score (nSPS) is 10.4. The molecule has 1 heterocycles. The number of carbonyl (C=O) groups is 2. The summed E-state index contributed by atoms with van der Waals surface area (Å²) in [6.45, 7) is 1.80. The molecule has 0 fully saturated rings. The number of nitro groups is 1. The number of carboxylic acids is 1. The number of carboxylic acid groups (broad SMARTS) is 1. The van der Waals surface area contributed by atoms with Crippen molar-refractivity contribution in [2.24, 2.45) is 0 Å². The number of carbonyl (C=O) groups excluding carboxylic acids is 1. The van der Waals surface area contributed by atoms with E-state index in [9.17, 15) is 19.7 Å². The monoisotopic (exact) mass is 362 g/mol. The Morgan fingerprint density at radius 2 is 2.15 bits per heavy atom. The van der Waals surface area contributed by atoms with Gasteiger partial charge in [0.15, 0.2) is 0 Å². The smallest absolute Gasteiger partial charge is 0.381 e. The fourth-order valence-electron chi connectivity index (χ4n) is 2.37. The van der Waals surface area contributed by atoms with E-state index in [0.717, 1.165) is 5.56 Å². The summed E-state index contributed by atoms with van der Waals surface area (Å²) < 4.78 is 6.58. The van der Waals surface area contributed by atoms with Crippen molar-refractivity contribution in [2.75, 3.05) is 13.7 Å². The molecule has 2 N–H and O–H groups in total. The Hall–Kier alpha value is -3.43. The second-order valence-corrected chi connectivity index (χ2v) is 5.46. The summed E-state index contributed by atoms with van der Waals surface area (Å²) in [6, 6.07) is 4.53. The van der Waals surface area contributed by atoms with Gasteiger partial charge in [-0.25, -0.2) is 4.79 Å². The molecule has 0 saturated carbocycles. The van der Waals surface area contributed by atoms with Crippen molar-refractivity contribution in [3.05, 3.63) is 51.5 Å². The predicted octanol–water partition coefficient (Wildman–Crippen LogP) is 1.17. The highest BCUT2D eigenvalue weighted by molar-refractivity contribution is 5.88. The zero-order valence-corrected chi connectivity index (χ0v) is 14.3. The standard InChI is InChI=1S/C16H18N4O6/c1-10-18-14(20(24)25)8-19(10)9-15(21)17-6-5-11-3-4-12(16(22)23)7-13(11)26-2/h3-4,7-8H,5-6,9H2,1-2H3,(H,17,21)(H,22,23). The second-order valence-electron chi connectivity index (χ2n) is 5.46. The highest BCUT2D eigenvalue weighted by atomic mass is 16.6. The molecule has 0 aliphatic heterocycles. The molecule has 0 aliphatic rings. The maximum absolute atomic E-state index is 12.0. The predicted molar refractivity (Wildman–Crippen MR) is 90.3 cm³/mol. The first-order valence-electron chi connectivity index (χ1n) is 7.67. The molecule has 0 unspecified atom stereocenters. The topological polar surface area (TPSA) is 137 Å². The molecule has 1 aromatic heterocycles. The maximum atomic E-state index is 12.0. The van der Waals surface area contributed by atoms with Crippen molar-refractivity contribution in [1.82, 2.24) is 14.9 Å². The van der Waals surface area contributed by atoms with Gasteiger partial charge in [0.1, 0.15) is 18.5 Å². The van der Waals surface area contributed by atoms with Crippen molar-refractivity contribution in [3.63, 3.8) is 0 Å². The average molecular weight is 362 g/mol. The molecular formula is C16H18N4O6. The summed E-state index contributed by atoms with van der Waals surface area (Å²) in [5.74, 6) is -0.869. The third-order valence-corrected chi connectivity index (χ3v) is 3.71. The van der Waals surface area contributed by atoms with Crippen LogP contribution in [0.4, 0.5) is 5.82 Å². The first-order chi connectivity index (χ1) is 12.3. The minimum atomic E-state index is -1.05. The zero-order chi connectivity index (χ0) is 19.3. The summed E-state index contributed by atoms with van der Waals surface area (Å²) in [5, 5.41) is 22.4. The van der Waals surface area contributed by atoms with Crippen LogP contribution in [0, 0.1) is 17.0 Å². The molecule has 0 aliphatic carbocycles. The molecule has 0 saturated heterocycles. The van der Waals surface area contributed by atoms with Crippen molar-refractivity contribution in [3.8, 4) is 5.75 Å². The van der Waals surface area contributed by atoms with Gasteiger partial charge in [-0.2, -0.15) is 0 Å². The largest absolute Gasteiger partial charge is 0.496 e. The van der Waals surface area contributed by atoms with Gasteiger partial charge in [-0.1, -0.05) is 6.07 Å². The van der Waals surface area contributed by atoms with E-state index in [1.54, 1.807) is 13.0 Å². The third-order valence-electron chi connectivity index (χ3n) is 3.71. The van der Waals surface area contributed by atoms with Gasteiger partial charge < -0.3 is 25.3 Å². The van der Waals surface area contributed by atoms with Crippen LogP contribution in [-0.4, -0.2) is 45.1 Å². The zero-order valence-electron chi connectivity index (χ0n) is 14.3. The molecule has 1 amide bonds. The number of aromatic nitrogens is 2. The van der Waals surface area contributed by atoms with Crippen LogP contribution >= 0.6 is 0 Å². The molecule has 138 valence electrons. The third kappa shape index (κ3) is 4.56. The number of benzene rings is 1. The first-order valence-corrected chi connectivity index (χ1v) is 7.67. The van der Waals surface area contributed by atoms with Crippen LogP contribution in [0.15, 0.2) is 24.4 Å². The summed E-state index contributed by atoms with van der Waals surface area (Å²) >= 11 is 0. The van der Waals surface area contributed by atoms with Crippen molar-refractivity contribution in [1.29, 1.82) is 0 Å². The molecule has 1 aromatic carbocycles. The lowest BCUT2D eigenvalue weighted by molar-refractivity contribution is -0.389. The molecule has 10 nitrogen and oxygen atoms in total. The molecular weight excluding hydrogens is 344 g/mol. The maximum Gasteiger partial charge on any atom is 0.381 e. The lowest BCUT2D eigenvalue weighted by Crippen LogP contribution is -2.29. The van der Waals surface area contributed by atoms with Crippen LogP contribution in [-0.2, 0) is 17.8 Å². The molecule has 10 heteroatoms. The van der Waals surface area contributed by atoms with Gasteiger partial charge in [0.2, 0.25) is 11.7 Å². The van der Waals surface area contributed by atoms with Crippen LogP contribution in [0.1, 0.15) is 21.7 Å². The summed E-state index contributed by atoms with van der Waals surface area (Å²) in [6.07, 6.45) is 1.65. The van der Waals surface area contributed by atoms with E-state index in [2.05, 4.69) is 10.3 Å². The molecule has 2 rings (SSSR count). The minimum absolute atomic E-state index is 0.0816. The summed E-state index contributed by atoms with van der Waals surface area (Å²) in [5.41, 5.74) is 0.874. The quantitative estimate of drug-likeness (QED) is 0.531. The van der Waals surface area contributed by atoms with E-state index in [-0.39, 0.29) is 23.8 Å². The molecule has 0 atom stereocenters. The Morgan fingerprint density at radius 3 is 2.73 bits per heavy atom. The van der Waals surface area contributed by atoms with E-state index in [4.69, 9.17) is 9.84 Å². The average Bonchev–Trinajstić information content (AvgIpc) is 2.96. The highest BCUT2D eigenvalue weighted by Gasteiger charge is 2.17. The summed E-state index contributed by atoms with van der Waals surface area (Å²) in [4.78, 5) is 36.8. The number of aryl methyl sites for hydroxylation is 1. The number of ether oxygens (including phenoxy) is 1. The van der Waals surface area contributed by atoms with E-state index in [0.29, 0.717) is 24.5 Å². The number of aromatic carboxylic acids is 1. The number of hydrogen-bond donors (Lipinski definition) is 2. The van der Waals surface area contributed by atoms with E-state index < -0.39 is 10.9 Å². The molecule has 0 spiro atoms. The Labute approximate surface area is 148 Å². The van der Waals surface area contributed by atoms with E-state index in [1.807, 2.05) is 0 Å².